The van der Waals surface area contributed by atoms with Crippen molar-refractivity contribution >= 4 is 11.7 Å². The van der Waals surface area contributed by atoms with Gasteiger partial charge in [-0.25, -0.2) is 0 Å². The standard InChI is InChI=1S/C12H21NO2/c1-5-6-11(14)7-8-12(15)13(4)9-10(2)3/h5-6,10H,7-9H2,1-4H3/b6-5+. The van der Waals surface area contributed by atoms with Crippen LogP contribution < -0.4 is 0 Å². The summed E-state index contributed by atoms with van der Waals surface area (Å²) in [5.41, 5.74) is 0. The van der Waals surface area contributed by atoms with E-state index in [-0.39, 0.29) is 11.7 Å². The van der Waals surface area contributed by atoms with Gasteiger partial charge >= 0.3 is 0 Å². The van der Waals surface area contributed by atoms with Gasteiger partial charge in [0, 0.05) is 26.4 Å². The monoisotopic (exact) mass is 211 g/mol. The Kier molecular flexibility index (Phi) is 6.67. The highest BCUT2D eigenvalue weighted by molar-refractivity contribution is 5.92. The summed E-state index contributed by atoms with van der Waals surface area (Å²) in [5.74, 6) is 0.524. The van der Waals surface area contributed by atoms with Crippen LogP contribution in [0.15, 0.2) is 12.2 Å². The molecule has 3 heteroatoms. The first kappa shape index (κ1) is 13.9. The zero-order valence-corrected chi connectivity index (χ0v) is 10.1. The molecular weight excluding hydrogens is 190 g/mol. The predicted molar refractivity (Wildman–Crippen MR) is 61.5 cm³/mol. The molecular formula is C12H21NO2. The largest absolute Gasteiger partial charge is 0.345 e. The van der Waals surface area contributed by atoms with Crippen LogP contribution in [-0.2, 0) is 9.59 Å². The van der Waals surface area contributed by atoms with Crippen molar-refractivity contribution in [1.29, 1.82) is 0 Å². The van der Waals surface area contributed by atoms with Crippen LogP contribution in [0.2, 0.25) is 0 Å². The van der Waals surface area contributed by atoms with Crippen molar-refractivity contribution in [3.63, 3.8) is 0 Å². The van der Waals surface area contributed by atoms with E-state index in [0.717, 1.165) is 6.54 Å². The summed E-state index contributed by atoms with van der Waals surface area (Å²) in [7, 11) is 1.78. The third-order valence-electron chi connectivity index (χ3n) is 2.00. The summed E-state index contributed by atoms with van der Waals surface area (Å²) in [6.45, 7) is 6.67. The Morgan fingerprint density at radius 1 is 1.27 bits per heavy atom. The Morgan fingerprint density at radius 3 is 2.33 bits per heavy atom. The van der Waals surface area contributed by atoms with E-state index in [1.807, 2.05) is 0 Å². The summed E-state index contributed by atoms with van der Waals surface area (Å²) in [6.07, 6.45) is 3.83. The molecule has 86 valence electrons. The first-order chi connectivity index (χ1) is 6.97. The normalized spacial score (nSPS) is 11.0. The Labute approximate surface area is 92.1 Å². The van der Waals surface area contributed by atoms with Gasteiger partial charge in [-0.2, -0.15) is 0 Å². The van der Waals surface area contributed by atoms with Crippen molar-refractivity contribution in [2.75, 3.05) is 13.6 Å². The number of hydrogen-bond acceptors (Lipinski definition) is 2. The predicted octanol–water partition coefficient (Wildman–Crippen LogP) is 2.03. The molecule has 0 aromatic heterocycles. The summed E-state index contributed by atoms with van der Waals surface area (Å²) >= 11 is 0. The van der Waals surface area contributed by atoms with Gasteiger partial charge in [-0.05, 0) is 18.9 Å². The molecule has 0 saturated heterocycles. The van der Waals surface area contributed by atoms with Gasteiger partial charge in [0.15, 0.2) is 5.78 Å². The molecule has 0 aromatic rings. The fourth-order valence-corrected chi connectivity index (χ4v) is 1.34. The van der Waals surface area contributed by atoms with Crippen molar-refractivity contribution in [2.24, 2.45) is 5.92 Å². The van der Waals surface area contributed by atoms with Crippen molar-refractivity contribution in [3.8, 4) is 0 Å². The molecule has 0 spiro atoms. The first-order valence-corrected chi connectivity index (χ1v) is 5.36. The average Bonchev–Trinajstić information content (AvgIpc) is 2.13. The van der Waals surface area contributed by atoms with Crippen molar-refractivity contribution in [2.45, 2.75) is 33.6 Å². The number of nitrogens with zero attached hydrogens (tertiary/aromatic N) is 1. The van der Waals surface area contributed by atoms with Crippen molar-refractivity contribution in [3.05, 3.63) is 12.2 Å². The van der Waals surface area contributed by atoms with E-state index in [9.17, 15) is 9.59 Å². The maximum absolute atomic E-state index is 11.5. The van der Waals surface area contributed by atoms with E-state index in [0.29, 0.717) is 18.8 Å². The van der Waals surface area contributed by atoms with E-state index in [2.05, 4.69) is 13.8 Å². The minimum Gasteiger partial charge on any atom is -0.345 e. The second kappa shape index (κ2) is 7.21. The third-order valence-corrected chi connectivity index (χ3v) is 2.00. The molecule has 0 bridgehead atoms. The molecule has 0 aromatic carbocycles. The molecule has 0 N–H and O–H groups in total. The molecule has 0 radical (unpaired) electrons. The molecule has 0 unspecified atom stereocenters. The van der Waals surface area contributed by atoms with Gasteiger partial charge in [0.2, 0.25) is 5.91 Å². The van der Waals surface area contributed by atoms with Crippen LogP contribution in [0.4, 0.5) is 0 Å². The first-order valence-electron chi connectivity index (χ1n) is 5.36. The number of rotatable bonds is 6. The number of allylic oxidation sites excluding steroid dienone is 2. The van der Waals surface area contributed by atoms with Gasteiger partial charge in [0.05, 0.1) is 0 Å². The maximum Gasteiger partial charge on any atom is 0.222 e. The second-order valence-electron chi connectivity index (χ2n) is 4.13. The van der Waals surface area contributed by atoms with E-state index in [1.165, 1.54) is 6.08 Å². The van der Waals surface area contributed by atoms with E-state index >= 15 is 0 Å². The molecule has 0 aliphatic carbocycles. The molecule has 0 heterocycles. The lowest BCUT2D eigenvalue weighted by molar-refractivity contribution is -0.131. The second-order valence-corrected chi connectivity index (χ2v) is 4.13. The van der Waals surface area contributed by atoms with Crippen LogP contribution in [0.3, 0.4) is 0 Å². The topological polar surface area (TPSA) is 37.4 Å². The molecule has 3 nitrogen and oxygen atoms in total. The Hall–Kier alpha value is -1.12. The fourth-order valence-electron chi connectivity index (χ4n) is 1.34. The highest BCUT2D eigenvalue weighted by atomic mass is 16.2. The lowest BCUT2D eigenvalue weighted by Gasteiger charge is -2.18. The minimum atomic E-state index is 0.0174. The molecule has 0 aliphatic rings. The van der Waals surface area contributed by atoms with Crippen LogP contribution in [0.25, 0.3) is 0 Å². The fraction of sp³-hybridized carbons (Fsp3) is 0.667. The van der Waals surface area contributed by atoms with E-state index in [1.54, 1.807) is 24.9 Å². The number of amides is 1. The Balaban J connectivity index is 3.88. The van der Waals surface area contributed by atoms with Crippen molar-refractivity contribution in [1.82, 2.24) is 4.90 Å². The van der Waals surface area contributed by atoms with Crippen LogP contribution in [0, 0.1) is 5.92 Å². The number of hydrogen-bond donors (Lipinski definition) is 0. The van der Waals surface area contributed by atoms with Crippen LogP contribution >= 0.6 is 0 Å². The summed E-state index contributed by atoms with van der Waals surface area (Å²) < 4.78 is 0. The smallest absolute Gasteiger partial charge is 0.222 e. The van der Waals surface area contributed by atoms with Gasteiger partial charge < -0.3 is 4.90 Å². The summed E-state index contributed by atoms with van der Waals surface area (Å²) in [5, 5.41) is 0. The van der Waals surface area contributed by atoms with Gasteiger partial charge in [-0.15, -0.1) is 0 Å². The maximum atomic E-state index is 11.5. The highest BCUT2D eigenvalue weighted by Crippen LogP contribution is 2.01. The van der Waals surface area contributed by atoms with Gasteiger partial charge in [-0.3, -0.25) is 9.59 Å². The SMILES string of the molecule is C/C=C/C(=O)CCC(=O)N(C)CC(C)C. The summed E-state index contributed by atoms with van der Waals surface area (Å²) in [6, 6.07) is 0. The Morgan fingerprint density at radius 2 is 1.87 bits per heavy atom. The zero-order chi connectivity index (χ0) is 11.8. The lowest BCUT2D eigenvalue weighted by atomic mass is 10.1. The molecule has 0 atom stereocenters. The van der Waals surface area contributed by atoms with Gasteiger partial charge in [0.25, 0.3) is 0 Å². The Bertz CT molecular complexity index is 244. The van der Waals surface area contributed by atoms with Crippen LogP contribution in [-0.4, -0.2) is 30.2 Å². The number of ketones is 1. The number of carbonyl (C=O) groups is 2. The molecule has 0 saturated carbocycles. The molecule has 0 rings (SSSR count). The quantitative estimate of drug-likeness (QED) is 0.630. The summed E-state index contributed by atoms with van der Waals surface area (Å²) in [4.78, 5) is 24.4. The lowest BCUT2D eigenvalue weighted by Crippen LogP contribution is -2.30. The minimum absolute atomic E-state index is 0.0174. The van der Waals surface area contributed by atoms with Crippen LogP contribution in [0.1, 0.15) is 33.6 Å². The van der Waals surface area contributed by atoms with E-state index in [4.69, 9.17) is 0 Å². The molecule has 0 aliphatic heterocycles. The van der Waals surface area contributed by atoms with Crippen molar-refractivity contribution < 1.29 is 9.59 Å². The van der Waals surface area contributed by atoms with Crippen LogP contribution in [0.5, 0.6) is 0 Å². The number of carbonyl (C=O) groups excluding carboxylic acids is 2. The zero-order valence-electron chi connectivity index (χ0n) is 10.1. The van der Waals surface area contributed by atoms with Gasteiger partial charge in [-0.1, -0.05) is 19.9 Å². The molecule has 0 fully saturated rings. The molecule has 1 amide bonds. The third kappa shape index (κ3) is 6.89. The highest BCUT2D eigenvalue weighted by Gasteiger charge is 2.10. The van der Waals surface area contributed by atoms with Gasteiger partial charge in [0.1, 0.15) is 0 Å². The molecule has 15 heavy (non-hydrogen) atoms. The average molecular weight is 211 g/mol. The van der Waals surface area contributed by atoms with E-state index < -0.39 is 0 Å².